The largest absolute Gasteiger partial charge is 1.00 e. The lowest BCUT2D eigenvalue weighted by Crippen LogP contribution is -3.00. The highest BCUT2D eigenvalue weighted by molar-refractivity contribution is 7.98. The molecule has 0 atom stereocenters. The Balaban J connectivity index is 0.00000133. The monoisotopic (exact) mass is 408 g/mol. The standard InChI is InChI=1S/C12H17N4S2.HI/c1-16(2)5-4-7-8(6-16)18-11-9(7)10(13)14-12(15-11)17-3;/h4-6H2,1-3H3,(H2,13,14,15);1H/q+1;/p-1. The Hall–Kier alpha value is -0.120. The van der Waals surface area contributed by atoms with Gasteiger partial charge in [0.25, 0.3) is 0 Å². The van der Waals surface area contributed by atoms with E-state index in [2.05, 4.69) is 24.1 Å². The summed E-state index contributed by atoms with van der Waals surface area (Å²) >= 11 is 3.33. The van der Waals surface area contributed by atoms with Crippen LogP contribution < -0.4 is 29.7 Å². The number of likely N-dealkylation sites (N-methyl/N-ethyl adjacent to an activating group) is 1. The molecule has 104 valence electrons. The van der Waals surface area contributed by atoms with Gasteiger partial charge >= 0.3 is 0 Å². The molecule has 1 aliphatic heterocycles. The average molecular weight is 408 g/mol. The van der Waals surface area contributed by atoms with E-state index in [9.17, 15) is 0 Å². The minimum absolute atomic E-state index is 0. The molecule has 4 nitrogen and oxygen atoms in total. The normalized spacial score (nSPS) is 17.0. The summed E-state index contributed by atoms with van der Waals surface area (Å²) in [7, 11) is 4.55. The van der Waals surface area contributed by atoms with Gasteiger partial charge in [-0.1, -0.05) is 11.8 Å². The Morgan fingerprint density at radius 2 is 2.05 bits per heavy atom. The maximum absolute atomic E-state index is 6.11. The number of fused-ring (bicyclic) bond motifs is 3. The maximum atomic E-state index is 6.11. The number of hydrogen-bond acceptors (Lipinski definition) is 5. The number of quaternary nitrogens is 1. The number of rotatable bonds is 1. The Labute approximate surface area is 138 Å². The molecule has 3 heterocycles. The summed E-state index contributed by atoms with van der Waals surface area (Å²) in [4.78, 5) is 11.4. The summed E-state index contributed by atoms with van der Waals surface area (Å²) in [6.45, 7) is 2.23. The molecule has 0 aromatic carbocycles. The molecule has 0 unspecified atom stereocenters. The van der Waals surface area contributed by atoms with Crippen LogP contribution in [0, 0.1) is 0 Å². The van der Waals surface area contributed by atoms with Crippen molar-refractivity contribution in [1.82, 2.24) is 9.97 Å². The molecule has 0 saturated heterocycles. The first-order valence-corrected chi connectivity index (χ1v) is 7.98. The summed E-state index contributed by atoms with van der Waals surface area (Å²) in [5, 5.41) is 1.87. The van der Waals surface area contributed by atoms with Crippen molar-refractivity contribution in [2.45, 2.75) is 18.1 Å². The maximum Gasteiger partial charge on any atom is 0.190 e. The van der Waals surface area contributed by atoms with Gasteiger partial charge in [0.15, 0.2) is 5.16 Å². The average Bonchev–Trinajstić information content (AvgIpc) is 2.64. The van der Waals surface area contributed by atoms with Crippen LogP contribution in [0.4, 0.5) is 5.82 Å². The lowest BCUT2D eigenvalue weighted by atomic mass is 10.0. The second kappa shape index (κ2) is 5.34. The molecule has 2 N–H and O–H groups in total. The summed E-state index contributed by atoms with van der Waals surface area (Å²) in [5.74, 6) is 0.647. The van der Waals surface area contributed by atoms with Crippen LogP contribution in [0.15, 0.2) is 5.16 Å². The molecule has 2 aromatic heterocycles. The third-order valence-electron chi connectivity index (χ3n) is 3.46. The van der Waals surface area contributed by atoms with Crippen LogP contribution >= 0.6 is 23.1 Å². The smallest absolute Gasteiger partial charge is 0.190 e. The van der Waals surface area contributed by atoms with Crippen LogP contribution in [0.25, 0.3) is 10.2 Å². The van der Waals surface area contributed by atoms with Crippen molar-refractivity contribution >= 4 is 39.1 Å². The predicted molar refractivity (Wildman–Crippen MR) is 78.0 cm³/mol. The fourth-order valence-corrected chi connectivity index (χ4v) is 4.34. The number of nitrogen functional groups attached to an aromatic ring is 1. The number of nitrogens with two attached hydrogens (primary N) is 1. The molecule has 19 heavy (non-hydrogen) atoms. The van der Waals surface area contributed by atoms with E-state index in [1.165, 1.54) is 10.4 Å². The number of aromatic nitrogens is 2. The zero-order chi connectivity index (χ0) is 12.9. The first kappa shape index (κ1) is 15.3. The molecular weight excluding hydrogens is 391 g/mol. The first-order chi connectivity index (χ1) is 8.50. The molecule has 1 aliphatic rings. The van der Waals surface area contributed by atoms with Gasteiger partial charge < -0.3 is 34.2 Å². The zero-order valence-electron chi connectivity index (χ0n) is 11.2. The topological polar surface area (TPSA) is 51.8 Å². The fraction of sp³-hybridized carbons (Fsp3) is 0.500. The number of hydrogen-bond donors (Lipinski definition) is 1. The van der Waals surface area contributed by atoms with E-state index in [0.717, 1.165) is 39.4 Å². The SMILES string of the molecule is CSc1nc(N)c2c3c(sc2n1)C[N+](C)(C)CC3.[I-]. The van der Waals surface area contributed by atoms with Crippen LogP contribution in [0.2, 0.25) is 0 Å². The molecule has 3 rings (SSSR count). The number of anilines is 1. The van der Waals surface area contributed by atoms with E-state index in [0.29, 0.717) is 5.82 Å². The van der Waals surface area contributed by atoms with Crippen molar-refractivity contribution in [3.63, 3.8) is 0 Å². The van der Waals surface area contributed by atoms with Gasteiger partial charge in [0.2, 0.25) is 0 Å². The van der Waals surface area contributed by atoms with Crippen LogP contribution in [-0.4, -0.2) is 41.3 Å². The van der Waals surface area contributed by atoms with Crippen molar-refractivity contribution in [3.8, 4) is 0 Å². The van der Waals surface area contributed by atoms with Crippen LogP contribution in [0.5, 0.6) is 0 Å². The van der Waals surface area contributed by atoms with Gasteiger partial charge in [-0.2, -0.15) is 0 Å². The summed E-state index contributed by atoms with van der Waals surface area (Å²) in [6.07, 6.45) is 3.06. The lowest BCUT2D eigenvalue weighted by molar-refractivity contribution is -0.905. The Kier molecular flexibility index (Phi) is 4.29. The van der Waals surface area contributed by atoms with Gasteiger partial charge in [-0.25, -0.2) is 9.97 Å². The van der Waals surface area contributed by atoms with Gasteiger partial charge in [0, 0.05) is 6.42 Å². The molecule has 2 aromatic rings. The van der Waals surface area contributed by atoms with Gasteiger partial charge in [-0.05, 0) is 11.8 Å². The lowest BCUT2D eigenvalue weighted by Gasteiger charge is -2.33. The number of nitrogens with zero attached hydrogens (tertiary/aromatic N) is 3. The second-order valence-corrected chi connectivity index (χ2v) is 7.20. The third-order valence-corrected chi connectivity index (χ3v) is 5.12. The van der Waals surface area contributed by atoms with Crippen LogP contribution in [-0.2, 0) is 13.0 Å². The first-order valence-electron chi connectivity index (χ1n) is 5.94. The minimum atomic E-state index is 0. The number of halogens is 1. The van der Waals surface area contributed by atoms with Gasteiger partial charge in [-0.3, -0.25) is 0 Å². The minimum Gasteiger partial charge on any atom is -1.00 e. The van der Waals surface area contributed by atoms with E-state index in [-0.39, 0.29) is 24.0 Å². The molecule has 0 amide bonds. The molecular formula is C12H17IN4S2. The highest BCUT2D eigenvalue weighted by Gasteiger charge is 2.29. The zero-order valence-corrected chi connectivity index (χ0v) is 15.0. The van der Waals surface area contributed by atoms with Gasteiger partial charge in [0.05, 0.1) is 30.9 Å². The third kappa shape index (κ3) is 2.70. The van der Waals surface area contributed by atoms with Crippen molar-refractivity contribution in [1.29, 1.82) is 0 Å². The van der Waals surface area contributed by atoms with Crippen molar-refractivity contribution in [2.75, 3.05) is 32.6 Å². The summed E-state index contributed by atoms with van der Waals surface area (Å²) in [6, 6.07) is 0. The summed E-state index contributed by atoms with van der Waals surface area (Å²) < 4.78 is 1.04. The van der Waals surface area contributed by atoms with E-state index in [4.69, 9.17) is 5.73 Å². The summed E-state index contributed by atoms with van der Waals surface area (Å²) in [5.41, 5.74) is 7.49. The molecule has 7 heteroatoms. The number of thioether (sulfide) groups is 1. The van der Waals surface area contributed by atoms with Crippen LogP contribution in [0.1, 0.15) is 10.4 Å². The predicted octanol–water partition coefficient (Wildman–Crippen LogP) is -0.868. The molecule has 0 spiro atoms. The molecule has 0 saturated carbocycles. The van der Waals surface area contributed by atoms with Crippen molar-refractivity contribution in [2.24, 2.45) is 0 Å². The van der Waals surface area contributed by atoms with Crippen molar-refractivity contribution in [3.05, 3.63) is 10.4 Å². The van der Waals surface area contributed by atoms with E-state index < -0.39 is 0 Å². The molecule has 0 bridgehead atoms. The molecule has 0 fully saturated rings. The Bertz CT molecular complexity index is 624. The fourth-order valence-electron chi connectivity index (χ4n) is 2.48. The number of thiophene rings is 1. The molecule has 0 aliphatic carbocycles. The highest BCUT2D eigenvalue weighted by Crippen LogP contribution is 2.38. The quantitative estimate of drug-likeness (QED) is 0.289. The van der Waals surface area contributed by atoms with Gasteiger partial charge in [-0.15, -0.1) is 11.3 Å². The second-order valence-electron chi connectivity index (χ2n) is 5.35. The van der Waals surface area contributed by atoms with E-state index in [1.807, 2.05) is 6.26 Å². The highest BCUT2D eigenvalue weighted by atomic mass is 127. The van der Waals surface area contributed by atoms with Crippen molar-refractivity contribution < 1.29 is 28.5 Å². The Morgan fingerprint density at radius 1 is 1.32 bits per heavy atom. The van der Waals surface area contributed by atoms with E-state index in [1.54, 1.807) is 23.1 Å². The van der Waals surface area contributed by atoms with Gasteiger partial charge in [0.1, 0.15) is 17.2 Å². The molecule has 0 radical (unpaired) electrons. The van der Waals surface area contributed by atoms with Crippen LogP contribution in [0.3, 0.4) is 0 Å². The Morgan fingerprint density at radius 3 is 2.74 bits per heavy atom. The van der Waals surface area contributed by atoms with E-state index >= 15 is 0 Å².